The molecule has 1 aromatic carbocycles. The Labute approximate surface area is 113 Å². The largest absolute Gasteiger partial charge is 0.358 e. The van der Waals surface area contributed by atoms with Crippen molar-refractivity contribution in [2.75, 3.05) is 18.8 Å². The second-order valence-electron chi connectivity index (χ2n) is 4.08. The number of thiocarbonyl (C=S) groups is 1. The number of benzene rings is 1. The van der Waals surface area contributed by atoms with Crippen LogP contribution in [0.5, 0.6) is 0 Å². The number of thioether (sulfide) groups is 1. The van der Waals surface area contributed by atoms with E-state index in [1.807, 2.05) is 6.07 Å². The van der Waals surface area contributed by atoms with Crippen molar-refractivity contribution < 1.29 is 0 Å². The number of hydrogen-bond acceptors (Lipinski definition) is 2. The van der Waals surface area contributed by atoms with E-state index >= 15 is 0 Å². The summed E-state index contributed by atoms with van der Waals surface area (Å²) in [5.74, 6) is 0.963. The molecule has 0 aliphatic carbocycles. The average molecular weight is 263 g/mol. The molecule has 3 heteroatoms. The van der Waals surface area contributed by atoms with Crippen molar-refractivity contribution in [3.8, 4) is 0 Å². The minimum Gasteiger partial charge on any atom is -0.358 e. The van der Waals surface area contributed by atoms with Gasteiger partial charge in [-0.1, -0.05) is 66.5 Å². The smallest absolute Gasteiger partial charge is 0.136 e. The molecule has 0 bridgehead atoms. The van der Waals surface area contributed by atoms with Gasteiger partial charge in [-0.05, 0) is 18.4 Å². The Morgan fingerprint density at radius 3 is 2.65 bits per heavy atom. The van der Waals surface area contributed by atoms with E-state index in [9.17, 15) is 0 Å². The molecule has 0 atom stereocenters. The number of rotatable bonds is 3. The second-order valence-corrected chi connectivity index (χ2v) is 5.74. The monoisotopic (exact) mass is 263 g/mol. The maximum atomic E-state index is 5.40. The molecule has 0 spiro atoms. The Kier molecular flexibility index (Phi) is 5.08. The molecular formula is C14H17NS2. The van der Waals surface area contributed by atoms with E-state index in [2.05, 4.69) is 41.3 Å². The Morgan fingerprint density at radius 1 is 1.24 bits per heavy atom. The minimum absolute atomic E-state index is 0.963. The van der Waals surface area contributed by atoms with Crippen LogP contribution >= 0.6 is 24.0 Å². The highest BCUT2D eigenvalue weighted by Crippen LogP contribution is 2.16. The third kappa shape index (κ3) is 4.17. The Hall–Kier alpha value is -0.800. The van der Waals surface area contributed by atoms with Crippen LogP contribution in [0.1, 0.15) is 18.4 Å². The molecule has 0 saturated carbocycles. The summed E-state index contributed by atoms with van der Waals surface area (Å²) in [4.78, 5) is 2.32. The van der Waals surface area contributed by atoms with E-state index in [0.29, 0.717) is 0 Å². The van der Waals surface area contributed by atoms with Crippen LogP contribution in [0.2, 0.25) is 0 Å². The normalized spacial score (nSPS) is 15.6. The molecule has 1 heterocycles. The van der Waals surface area contributed by atoms with Crippen molar-refractivity contribution in [2.45, 2.75) is 12.8 Å². The first-order valence-electron chi connectivity index (χ1n) is 5.99. The van der Waals surface area contributed by atoms with Crippen LogP contribution in [0.4, 0.5) is 0 Å². The van der Waals surface area contributed by atoms with Gasteiger partial charge in [0.25, 0.3) is 0 Å². The average Bonchev–Trinajstić information content (AvgIpc) is 2.89. The van der Waals surface area contributed by atoms with Crippen molar-refractivity contribution in [1.29, 1.82) is 0 Å². The van der Waals surface area contributed by atoms with Gasteiger partial charge in [-0.2, -0.15) is 0 Å². The van der Waals surface area contributed by atoms with E-state index in [1.54, 1.807) is 11.8 Å². The van der Waals surface area contributed by atoms with Crippen LogP contribution in [-0.2, 0) is 0 Å². The minimum atomic E-state index is 0.963. The first kappa shape index (κ1) is 12.7. The van der Waals surface area contributed by atoms with Crippen LogP contribution in [0.15, 0.2) is 36.4 Å². The molecular weight excluding hydrogens is 246 g/mol. The molecule has 17 heavy (non-hydrogen) atoms. The van der Waals surface area contributed by atoms with Gasteiger partial charge in [0.05, 0.1) is 0 Å². The maximum Gasteiger partial charge on any atom is 0.136 e. The molecule has 1 aliphatic heterocycles. The lowest BCUT2D eigenvalue weighted by Gasteiger charge is -2.16. The van der Waals surface area contributed by atoms with Crippen molar-refractivity contribution in [3.63, 3.8) is 0 Å². The summed E-state index contributed by atoms with van der Waals surface area (Å²) >= 11 is 7.16. The summed E-state index contributed by atoms with van der Waals surface area (Å²) in [6.45, 7) is 2.29. The zero-order chi connectivity index (χ0) is 11.9. The summed E-state index contributed by atoms with van der Waals surface area (Å²) < 4.78 is 1.06. The first-order valence-corrected chi connectivity index (χ1v) is 7.39. The van der Waals surface area contributed by atoms with Crippen molar-refractivity contribution in [2.24, 2.45) is 0 Å². The number of likely N-dealkylation sites (tertiary alicyclic amines) is 1. The van der Waals surface area contributed by atoms with Crippen molar-refractivity contribution in [3.05, 3.63) is 42.0 Å². The van der Waals surface area contributed by atoms with Gasteiger partial charge < -0.3 is 4.90 Å². The lowest BCUT2D eigenvalue weighted by Crippen LogP contribution is -2.23. The molecule has 90 valence electrons. The predicted molar refractivity (Wildman–Crippen MR) is 81.3 cm³/mol. The zero-order valence-corrected chi connectivity index (χ0v) is 11.5. The third-order valence-corrected chi connectivity index (χ3v) is 4.25. The van der Waals surface area contributed by atoms with Gasteiger partial charge in [0.1, 0.15) is 4.32 Å². The summed E-state index contributed by atoms with van der Waals surface area (Å²) in [5.41, 5.74) is 1.25. The lowest BCUT2D eigenvalue weighted by molar-refractivity contribution is 0.539. The van der Waals surface area contributed by atoms with E-state index in [1.165, 1.54) is 18.4 Å². The van der Waals surface area contributed by atoms with Crippen LogP contribution < -0.4 is 0 Å². The quantitative estimate of drug-likeness (QED) is 0.763. The Balaban J connectivity index is 1.72. The van der Waals surface area contributed by atoms with Crippen molar-refractivity contribution in [1.82, 2.24) is 4.90 Å². The molecule has 1 aromatic rings. The number of nitrogens with zero attached hydrogens (tertiary/aromatic N) is 1. The highest BCUT2D eigenvalue weighted by Gasteiger charge is 2.13. The van der Waals surface area contributed by atoms with Gasteiger partial charge >= 0.3 is 0 Å². The molecule has 1 fully saturated rings. The molecule has 0 N–H and O–H groups in total. The van der Waals surface area contributed by atoms with Crippen LogP contribution in [-0.4, -0.2) is 28.1 Å². The van der Waals surface area contributed by atoms with Gasteiger partial charge in [0.2, 0.25) is 0 Å². The summed E-state index contributed by atoms with van der Waals surface area (Å²) in [6, 6.07) is 10.4. The van der Waals surface area contributed by atoms with E-state index < -0.39 is 0 Å². The van der Waals surface area contributed by atoms with Crippen LogP contribution in [0.25, 0.3) is 6.08 Å². The molecule has 2 rings (SSSR count). The van der Waals surface area contributed by atoms with Gasteiger partial charge in [0.15, 0.2) is 0 Å². The molecule has 0 radical (unpaired) electrons. The highest BCUT2D eigenvalue weighted by atomic mass is 32.2. The van der Waals surface area contributed by atoms with E-state index in [0.717, 1.165) is 23.2 Å². The molecule has 0 amide bonds. The van der Waals surface area contributed by atoms with Gasteiger partial charge in [-0.25, -0.2) is 0 Å². The second kappa shape index (κ2) is 6.82. The van der Waals surface area contributed by atoms with Crippen LogP contribution in [0.3, 0.4) is 0 Å². The Bertz CT molecular complexity index is 380. The van der Waals surface area contributed by atoms with E-state index in [-0.39, 0.29) is 0 Å². The Morgan fingerprint density at radius 2 is 1.94 bits per heavy atom. The molecule has 1 nitrogen and oxygen atoms in total. The third-order valence-electron chi connectivity index (χ3n) is 2.78. The fourth-order valence-electron chi connectivity index (χ4n) is 1.86. The molecule has 1 saturated heterocycles. The summed E-state index contributed by atoms with van der Waals surface area (Å²) in [6.07, 6.45) is 6.92. The van der Waals surface area contributed by atoms with Gasteiger partial charge in [-0.3, -0.25) is 0 Å². The lowest BCUT2D eigenvalue weighted by atomic mass is 10.2. The SMILES string of the molecule is S=C(SCC=Cc1ccccc1)N1CCCC1. The first-order chi connectivity index (χ1) is 8.36. The van der Waals surface area contributed by atoms with Gasteiger partial charge in [0, 0.05) is 18.8 Å². The number of hydrogen-bond donors (Lipinski definition) is 0. The fraction of sp³-hybridized carbons (Fsp3) is 0.357. The predicted octanol–water partition coefficient (Wildman–Crippen LogP) is 3.81. The van der Waals surface area contributed by atoms with Gasteiger partial charge in [-0.15, -0.1) is 0 Å². The summed E-state index contributed by atoms with van der Waals surface area (Å²) in [7, 11) is 0. The van der Waals surface area contributed by atoms with Crippen LogP contribution in [0, 0.1) is 0 Å². The van der Waals surface area contributed by atoms with E-state index in [4.69, 9.17) is 12.2 Å². The molecule has 1 aliphatic rings. The fourth-order valence-corrected chi connectivity index (χ4v) is 2.95. The highest BCUT2D eigenvalue weighted by molar-refractivity contribution is 8.23. The maximum absolute atomic E-state index is 5.40. The molecule has 0 aromatic heterocycles. The summed E-state index contributed by atoms with van der Waals surface area (Å²) in [5, 5.41) is 0. The topological polar surface area (TPSA) is 3.24 Å². The zero-order valence-electron chi connectivity index (χ0n) is 9.84. The standard InChI is InChI=1S/C14H17NS2/c16-14(15-10-4-5-11-15)17-12-6-9-13-7-2-1-3-8-13/h1-3,6-9H,4-5,10-12H2. The molecule has 0 unspecified atom stereocenters. The van der Waals surface area contributed by atoms with Crippen molar-refractivity contribution >= 4 is 34.4 Å².